The lowest BCUT2D eigenvalue weighted by molar-refractivity contribution is -0.385. The second-order valence-electron chi connectivity index (χ2n) is 5.93. The molecular weight excluding hydrogens is 240 g/mol. The highest BCUT2D eigenvalue weighted by molar-refractivity contribution is 5.59. The van der Waals surface area contributed by atoms with Gasteiger partial charge in [0.15, 0.2) is 0 Å². The van der Waals surface area contributed by atoms with E-state index < -0.39 is 0 Å². The zero-order chi connectivity index (χ0) is 13.4. The lowest BCUT2D eigenvalue weighted by atomic mass is 9.97. The van der Waals surface area contributed by atoms with Gasteiger partial charge in [-0.2, -0.15) is 0 Å². The van der Waals surface area contributed by atoms with E-state index in [1.54, 1.807) is 12.1 Å². The molecule has 2 saturated carbocycles. The van der Waals surface area contributed by atoms with Crippen LogP contribution < -0.4 is 5.32 Å². The first kappa shape index (κ1) is 12.5. The molecule has 0 aromatic heterocycles. The second kappa shape index (κ2) is 4.83. The van der Waals surface area contributed by atoms with Crippen molar-refractivity contribution < 1.29 is 4.92 Å². The Morgan fingerprint density at radius 2 is 1.95 bits per heavy atom. The summed E-state index contributed by atoms with van der Waals surface area (Å²) in [7, 11) is 0. The number of anilines is 1. The maximum Gasteiger partial charge on any atom is 0.274 e. The summed E-state index contributed by atoms with van der Waals surface area (Å²) in [5.41, 5.74) is 1.87. The normalized spacial score (nSPS) is 18.6. The zero-order valence-electron chi connectivity index (χ0n) is 11.3. The molecule has 0 bridgehead atoms. The van der Waals surface area contributed by atoms with Gasteiger partial charge in [-0.1, -0.05) is 6.07 Å². The molecule has 4 heteroatoms. The Balaban J connectivity index is 1.68. The molecule has 0 heterocycles. The summed E-state index contributed by atoms with van der Waals surface area (Å²) in [5.74, 6) is 2.58. The van der Waals surface area contributed by atoms with Crippen LogP contribution in [0.4, 0.5) is 11.4 Å². The van der Waals surface area contributed by atoms with E-state index in [-0.39, 0.29) is 10.6 Å². The fourth-order valence-electron chi connectivity index (χ4n) is 3.01. The minimum Gasteiger partial charge on any atom is -0.384 e. The smallest absolute Gasteiger partial charge is 0.274 e. The fraction of sp³-hybridized carbons (Fsp3) is 0.600. The van der Waals surface area contributed by atoms with E-state index in [9.17, 15) is 10.1 Å². The van der Waals surface area contributed by atoms with Crippen LogP contribution in [0.1, 0.15) is 31.2 Å². The van der Waals surface area contributed by atoms with E-state index in [1.165, 1.54) is 25.7 Å². The molecule has 0 saturated heterocycles. The fourth-order valence-corrected chi connectivity index (χ4v) is 3.01. The molecule has 1 aromatic carbocycles. The van der Waals surface area contributed by atoms with Gasteiger partial charge in [0.1, 0.15) is 0 Å². The zero-order valence-corrected chi connectivity index (χ0v) is 11.3. The van der Waals surface area contributed by atoms with Crippen LogP contribution in [0.25, 0.3) is 0 Å². The predicted molar refractivity (Wildman–Crippen MR) is 75.3 cm³/mol. The largest absolute Gasteiger partial charge is 0.384 e. The molecule has 2 aliphatic carbocycles. The van der Waals surface area contributed by atoms with Crippen LogP contribution in [-0.4, -0.2) is 11.5 Å². The topological polar surface area (TPSA) is 55.2 Å². The SMILES string of the molecule is Cc1c(NCC(C2CC2)C2CC2)cccc1[N+](=O)[O-]. The van der Waals surface area contributed by atoms with Crippen LogP contribution in [0.2, 0.25) is 0 Å². The molecule has 102 valence electrons. The van der Waals surface area contributed by atoms with Crippen molar-refractivity contribution in [3.8, 4) is 0 Å². The summed E-state index contributed by atoms with van der Waals surface area (Å²) in [5, 5.41) is 14.4. The van der Waals surface area contributed by atoms with Gasteiger partial charge in [-0.05, 0) is 56.4 Å². The van der Waals surface area contributed by atoms with Crippen molar-refractivity contribution in [3.63, 3.8) is 0 Å². The molecule has 1 N–H and O–H groups in total. The third kappa shape index (κ3) is 2.72. The minimum absolute atomic E-state index is 0.208. The molecule has 19 heavy (non-hydrogen) atoms. The number of nitro groups is 1. The van der Waals surface area contributed by atoms with Crippen LogP contribution in [0.15, 0.2) is 18.2 Å². The van der Waals surface area contributed by atoms with E-state index in [2.05, 4.69) is 5.32 Å². The quantitative estimate of drug-likeness (QED) is 0.626. The van der Waals surface area contributed by atoms with Crippen molar-refractivity contribution >= 4 is 11.4 Å². The molecule has 0 spiro atoms. The molecule has 2 fully saturated rings. The first-order valence-electron chi connectivity index (χ1n) is 7.14. The summed E-state index contributed by atoms with van der Waals surface area (Å²) in [6, 6.07) is 5.27. The first-order chi connectivity index (χ1) is 9.16. The van der Waals surface area contributed by atoms with Crippen molar-refractivity contribution in [1.82, 2.24) is 0 Å². The standard InChI is InChI=1S/C15H20N2O2/c1-10-14(3-2-4-15(10)17(18)19)16-9-13(11-5-6-11)12-7-8-12/h2-4,11-13,16H,5-9H2,1H3. The number of nitrogens with one attached hydrogen (secondary N) is 1. The number of nitro benzene ring substituents is 1. The maximum absolute atomic E-state index is 10.9. The minimum atomic E-state index is -0.306. The number of hydrogen-bond donors (Lipinski definition) is 1. The van der Waals surface area contributed by atoms with Crippen LogP contribution in [0.3, 0.4) is 0 Å². The third-order valence-corrected chi connectivity index (χ3v) is 4.49. The monoisotopic (exact) mass is 260 g/mol. The number of rotatable bonds is 6. The van der Waals surface area contributed by atoms with E-state index in [1.807, 2.05) is 13.0 Å². The first-order valence-corrected chi connectivity index (χ1v) is 7.14. The van der Waals surface area contributed by atoms with Gasteiger partial charge >= 0.3 is 0 Å². The van der Waals surface area contributed by atoms with Gasteiger partial charge in [-0.25, -0.2) is 0 Å². The molecule has 0 atom stereocenters. The van der Waals surface area contributed by atoms with Crippen molar-refractivity contribution in [2.24, 2.45) is 17.8 Å². The number of nitrogens with zero attached hydrogens (tertiary/aromatic N) is 1. The van der Waals surface area contributed by atoms with E-state index >= 15 is 0 Å². The van der Waals surface area contributed by atoms with Crippen molar-refractivity contribution in [2.75, 3.05) is 11.9 Å². The molecule has 0 amide bonds. The lowest BCUT2D eigenvalue weighted by Gasteiger charge is -2.18. The second-order valence-corrected chi connectivity index (χ2v) is 5.93. The summed E-state index contributed by atoms with van der Waals surface area (Å²) in [4.78, 5) is 10.6. The average Bonchev–Trinajstić information content (AvgIpc) is 3.25. The van der Waals surface area contributed by atoms with Gasteiger partial charge in [-0.15, -0.1) is 0 Å². The Hall–Kier alpha value is -1.58. The molecular formula is C15H20N2O2. The number of hydrogen-bond acceptors (Lipinski definition) is 3. The van der Waals surface area contributed by atoms with Crippen LogP contribution in [0.5, 0.6) is 0 Å². The molecule has 0 aliphatic heterocycles. The average molecular weight is 260 g/mol. The summed E-state index contributed by atoms with van der Waals surface area (Å²) >= 11 is 0. The van der Waals surface area contributed by atoms with Crippen LogP contribution in [0, 0.1) is 34.8 Å². The van der Waals surface area contributed by atoms with Gasteiger partial charge in [0.2, 0.25) is 0 Å². The van der Waals surface area contributed by atoms with Gasteiger partial charge < -0.3 is 5.32 Å². The Morgan fingerprint density at radius 1 is 1.32 bits per heavy atom. The Labute approximate surface area is 113 Å². The molecule has 4 nitrogen and oxygen atoms in total. The van der Waals surface area contributed by atoms with E-state index in [0.717, 1.165) is 35.5 Å². The highest BCUT2D eigenvalue weighted by Gasteiger charge is 2.41. The highest BCUT2D eigenvalue weighted by Crippen LogP contribution is 2.49. The van der Waals surface area contributed by atoms with E-state index in [4.69, 9.17) is 0 Å². The Kier molecular flexibility index (Phi) is 3.17. The molecule has 0 radical (unpaired) electrons. The van der Waals surface area contributed by atoms with Gasteiger partial charge in [-0.3, -0.25) is 10.1 Å². The summed E-state index contributed by atoms with van der Waals surface area (Å²) in [6.45, 7) is 2.79. The summed E-state index contributed by atoms with van der Waals surface area (Å²) < 4.78 is 0. The maximum atomic E-state index is 10.9. The van der Waals surface area contributed by atoms with Crippen LogP contribution in [-0.2, 0) is 0 Å². The Bertz CT molecular complexity index is 481. The van der Waals surface area contributed by atoms with Gasteiger partial charge in [0, 0.05) is 23.9 Å². The lowest BCUT2D eigenvalue weighted by Crippen LogP contribution is -2.18. The van der Waals surface area contributed by atoms with Crippen molar-refractivity contribution in [3.05, 3.63) is 33.9 Å². The Morgan fingerprint density at radius 3 is 2.47 bits per heavy atom. The third-order valence-electron chi connectivity index (χ3n) is 4.49. The molecule has 3 rings (SSSR count). The molecule has 2 aliphatic rings. The van der Waals surface area contributed by atoms with Crippen molar-refractivity contribution in [1.29, 1.82) is 0 Å². The van der Waals surface area contributed by atoms with Crippen molar-refractivity contribution in [2.45, 2.75) is 32.6 Å². The van der Waals surface area contributed by atoms with Crippen LogP contribution >= 0.6 is 0 Å². The molecule has 0 unspecified atom stereocenters. The van der Waals surface area contributed by atoms with Gasteiger partial charge in [0.25, 0.3) is 5.69 Å². The number of benzene rings is 1. The summed E-state index contributed by atoms with van der Waals surface area (Å²) in [6.07, 6.45) is 5.49. The molecule has 1 aromatic rings. The highest BCUT2D eigenvalue weighted by atomic mass is 16.6. The predicted octanol–water partition coefficient (Wildman–Crippen LogP) is 3.75. The van der Waals surface area contributed by atoms with Gasteiger partial charge in [0.05, 0.1) is 4.92 Å². The van der Waals surface area contributed by atoms with E-state index in [0.29, 0.717) is 0 Å².